The lowest BCUT2D eigenvalue weighted by molar-refractivity contribution is 0.0517. The Balaban J connectivity index is 1.52. The second-order valence-electron chi connectivity index (χ2n) is 8.07. The normalized spacial score (nSPS) is 13.4. The van der Waals surface area contributed by atoms with Crippen LogP contribution in [0.3, 0.4) is 0 Å². The number of amidine groups is 1. The van der Waals surface area contributed by atoms with Gasteiger partial charge in [-0.25, -0.2) is 4.79 Å². The molecular weight excluding hydrogens is 480 g/mol. The van der Waals surface area contributed by atoms with Gasteiger partial charge in [0.1, 0.15) is 23.0 Å². The summed E-state index contributed by atoms with van der Waals surface area (Å²) < 4.78 is 46.1. The number of hydrogen-bond acceptors (Lipinski definition) is 7. The smallest absolute Gasteiger partial charge is 0.338 e. The second-order valence-corrected chi connectivity index (χ2v) is 9.64. The van der Waals surface area contributed by atoms with Gasteiger partial charge in [-0.2, -0.15) is 8.42 Å². The number of rotatable bonds is 10. The van der Waals surface area contributed by atoms with Crippen molar-refractivity contribution in [3.63, 3.8) is 0 Å². The molecule has 1 heterocycles. The molecule has 0 aromatic heterocycles. The molecule has 0 bridgehead atoms. The molecule has 0 amide bonds. The maximum atomic E-state index is 12.7. The standard InChI is InChI=1S/C27H28N2O6S/c1-3-4-18-34-21-15-13-20(14-16-21)27(30)35-19-17-29(23-10-6-7-11-24(23)33-2)26-22-9-5-8-12-25(22)36(31,32)28-26/h5-16H,3-4,17-19H2,1-2H3. The van der Waals surface area contributed by atoms with Gasteiger partial charge in [-0.3, -0.25) is 0 Å². The number of carbonyl (C=O) groups excluding carboxylic acids is 1. The monoisotopic (exact) mass is 508 g/mol. The van der Waals surface area contributed by atoms with E-state index in [9.17, 15) is 13.2 Å². The van der Waals surface area contributed by atoms with Crippen LogP contribution >= 0.6 is 0 Å². The van der Waals surface area contributed by atoms with E-state index in [1.165, 1.54) is 13.2 Å². The summed E-state index contributed by atoms with van der Waals surface area (Å²) >= 11 is 0. The first-order valence-electron chi connectivity index (χ1n) is 11.7. The first kappa shape index (κ1) is 25.2. The summed E-state index contributed by atoms with van der Waals surface area (Å²) in [7, 11) is -2.30. The molecule has 3 aromatic rings. The van der Waals surface area contributed by atoms with Gasteiger partial charge < -0.3 is 19.1 Å². The van der Waals surface area contributed by atoms with Crippen LogP contribution < -0.4 is 14.4 Å². The predicted octanol–water partition coefficient (Wildman–Crippen LogP) is 4.69. The van der Waals surface area contributed by atoms with Gasteiger partial charge in [0.15, 0.2) is 5.84 Å². The predicted molar refractivity (Wildman–Crippen MR) is 138 cm³/mol. The Labute approximate surface area is 211 Å². The fourth-order valence-corrected chi connectivity index (χ4v) is 5.02. The minimum atomic E-state index is -3.84. The maximum Gasteiger partial charge on any atom is 0.338 e. The highest BCUT2D eigenvalue weighted by Crippen LogP contribution is 2.34. The van der Waals surface area contributed by atoms with Crippen LogP contribution in [0, 0.1) is 0 Å². The van der Waals surface area contributed by atoms with Crippen LogP contribution in [-0.4, -0.2) is 47.1 Å². The summed E-state index contributed by atoms with van der Waals surface area (Å²) in [4.78, 5) is 14.5. The van der Waals surface area contributed by atoms with Crippen LogP contribution in [0.1, 0.15) is 35.7 Å². The van der Waals surface area contributed by atoms with Crippen LogP contribution in [0.4, 0.5) is 5.69 Å². The number of unbranched alkanes of at least 4 members (excludes halogenated alkanes) is 1. The average Bonchev–Trinajstić information content (AvgIpc) is 3.17. The third kappa shape index (κ3) is 5.52. The molecule has 8 nitrogen and oxygen atoms in total. The molecule has 0 aliphatic carbocycles. The van der Waals surface area contributed by atoms with Crippen molar-refractivity contribution >= 4 is 27.5 Å². The number of carbonyl (C=O) groups is 1. The lowest BCUT2D eigenvalue weighted by atomic mass is 10.1. The summed E-state index contributed by atoms with van der Waals surface area (Å²) in [5.41, 5.74) is 1.48. The summed E-state index contributed by atoms with van der Waals surface area (Å²) in [6.45, 7) is 2.87. The summed E-state index contributed by atoms with van der Waals surface area (Å²) in [6.07, 6.45) is 2.00. The van der Waals surface area contributed by atoms with E-state index < -0.39 is 16.0 Å². The van der Waals surface area contributed by atoms with Gasteiger partial charge in [0.05, 0.1) is 31.5 Å². The number of methoxy groups -OCH3 is 1. The molecule has 0 fully saturated rings. The Morgan fingerprint density at radius 2 is 1.67 bits per heavy atom. The van der Waals surface area contributed by atoms with Gasteiger partial charge in [-0.15, -0.1) is 4.40 Å². The lowest BCUT2D eigenvalue weighted by Crippen LogP contribution is -2.34. The quantitative estimate of drug-likeness (QED) is 0.290. The largest absolute Gasteiger partial charge is 0.495 e. The Kier molecular flexibility index (Phi) is 7.90. The first-order valence-corrected chi connectivity index (χ1v) is 13.1. The highest BCUT2D eigenvalue weighted by atomic mass is 32.2. The molecular formula is C27H28N2O6S. The summed E-state index contributed by atoms with van der Waals surface area (Å²) in [5, 5.41) is 0. The first-order chi connectivity index (χ1) is 17.4. The molecule has 188 valence electrons. The molecule has 0 spiro atoms. The van der Waals surface area contributed by atoms with Gasteiger partial charge in [0.25, 0.3) is 10.0 Å². The van der Waals surface area contributed by atoms with Gasteiger partial charge in [-0.05, 0) is 55.0 Å². The Morgan fingerprint density at radius 1 is 0.944 bits per heavy atom. The number of para-hydroxylation sites is 2. The number of ether oxygens (including phenoxy) is 3. The highest BCUT2D eigenvalue weighted by Gasteiger charge is 2.33. The van der Waals surface area contributed by atoms with E-state index >= 15 is 0 Å². The number of hydrogen-bond donors (Lipinski definition) is 0. The maximum absolute atomic E-state index is 12.7. The van der Waals surface area contributed by atoms with Crippen molar-refractivity contribution in [1.29, 1.82) is 0 Å². The van der Waals surface area contributed by atoms with Crippen molar-refractivity contribution in [2.45, 2.75) is 24.7 Å². The van der Waals surface area contributed by atoms with E-state index in [-0.39, 0.29) is 23.9 Å². The summed E-state index contributed by atoms with van der Waals surface area (Å²) in [5.74, 6) is 0.990. The van der Waals surface area contributed by atoms with Gasteiger partial charge >= 0.3 is 5.97 Å². The molecule has 3 aromatic carbocycles. The zero-order valence-electron chi connectivity index (χ0n) is 20.2. The second kappa shape index (κ2) is 11.3. The Bertz CT molecular complexity index is 1350. The van der Waals surface area contributed by atoms with Crippen molar-refractivity contribution in [3.8, 4) is 11.5 Å². The van der Waals surface area contributed by atoms with Crippen LogP contribution in [-0.2, 0) is 14.8 Å². The van der Waals surface area contributed by atoms with Crippen LogP contribution in [0.25, 0.3) is 0 Å². The Hall–Kier alpha value is -3.85. The molecule has 0 saturated heterocycles. The number of benzene rings is 3. The molecule has 36 heavy (non-hydrogen) atoms. The average molecular weight is 509 g/mol. The topological polar surface area (TPSA) is 94.5 Å². The molecule has 4 rings (SSSR count). The van der Waals surface area contributed by atoms with Crippen molar-refractivity contribution in [2.24, 2.45) is 4.40 Å². The van der Waals surface area contributed by atoms with Gasteiger partial charge in [0.2, 0.25) is 0 Å². The van der Waals surface area contributed by atoms with Crippen molar-refractivity contribution in [2.75, 3.05) is 31.8 Å². The minimum absolute atomic E-state index is 0.00708. The number of esters is 1. The van der Waals surface area contributed by atoms with E-state index in [0.717, 1.165) is 12.8 Å². The summed E-state index contributed by atoms with van der Waals surface area (Å²) in [6, 6.07) is 20.6. The van der Waals surface area contributed by atoms with Crippen molar-refractivity contribution in [1.82, 2.24) is 0 Å². The number of fused-ring (bicyclic) bond motifs is 1. The lowest BCUT2D eigenvalue weighted by Gasteiger charge is -2.26. The Morgan fingerprint density at radius 3 is 2.42 bits per heavy atom. The van der Waals surface area contributed by atoms with Gasteiger partial charge in [0, 0.05) is 5.56 Å². The third-order valence-electron chi connectivity index (χ3n) is 5.65. The van der Waals surface area contributed by atoms with Gasteiger partial charge in [-0.1, -0.05) is 37.6 Å². The van der Waals surface area contributed by atoms with E-state index in [1.54, 1.807) is 59.5 Å². The molecule has 1 aliphatic heterocycles. The fraction of sp³-hybridized carbons (Fsp3) is 0.259. The van der Waals surface area contributed by atoms with Crippen molar-refractivity contribution in [3.05, 3.63) is 83.9 Å². The van der Waals surface area contributed by atoms with Crippen LogP contribution in [0.5, 0.6) is 11.5 Å². The molecule has 0 radical (unpaired) electrons. The molecule has 1 aliphatic rings. The zero-order valence-corrected chi connectivity index (χ0v) is 21.0. The van der Waals surface area contributed by atoms with E-state index in [4.69, 9.17) is 14.2 Å². The molecule has 0 atom stereocenters. The van der Waals surface area contributed by atoms with Crippen molar-refractivity contribution < 1.29 is 27.4 Å². The number of anilines is 1. The van der Waals surface area contributed by atoms with E-state index in [1.807, 2.05) is 12.1 Å². The van der Waals surface area contributed by atoms with Crippen LogP contribution in [0.2, 0.25) is 0 Å². The van der Waals surface area contributed by atoms with E-state index in [2.05, 4.69) is 11.3 Å². The number of nitrogens with zero attached hydrogens (tertiary/aromatic N) is 2. The minimum Gasteiger partial charge on any atom is -0.495 e. The fourth-order valence-electron chi connectivity index (χ4n) is 3.81. The third-order valence-corrected chi connectivity index (χ3v) is 6.97. The molecule has 0 N–H and O–H groups in total. The SMILES string of the molecule is CCCCOc1ccc(C(=O)OCCN(C2=NS(=O)(=O)c3ccccc32)c2ccccc2OC)cc1. The molecule has 0 unspecified atom stereocenters. The highest BCUT2D eigenvalue weighted by molar-refractivity contribution is 7.90. The molecule has 0 saturated carbocycles. The zero-order chi connectivity index (χ0) is 25.5. The molecule has 9 heteroatoms. The number of sulfonamides is 1. The van der Waals surface area contributed by atoms with Crippen LogP contribution in [0.15, 0.2) is 82.1 Å². The van der Waals surface area contributed by atoms with E-state index in [0.29, 0.717) is 34.9 Å².